The van der Waals surface area contributed by atoms with Crippen molar-refractivity contribution in [2.45, 2.75) is 20.3 Å². The van der Waals surface area contributed by atoms with E-state index < -0.39 is 5.97 Å². The van der Waals surface area contributed by atoms with Crippen molar-refractivity contribution in [1.82, 2.24) is 9.97 Å². The number of anilines is 3. The fourth-order valence-electron chi connectivity index (χ4n) is 1.85. The van der Waals surface area contributed by atoms with E-state index in [1.54, 1.807) is 30.3 Å². The number of carboxylic acid groups (broad SMARTS) is 1. The number of nitrogens with zero attached hydrogens (tertiary/aromatic N) is 2. The van der Waals surface area contributed by atoms with Gasteiger partial charge in [-0.25, -0.2) is 14.8 Å². The number of benzene rings is 1. The fraction of sp³-hybridized carbons (Fsp3) is 0.267. The third kappa shape index (κ3) is 4.17. The lowest BCUT2D eigenvalue weighted by atomic mass is 10.2. The number of hydrogen-bond acceptors (Lipinski definition) is 5. The van der Waals surface area contributed by atoms with E-state index in [4.69, 9.17) is 5.11 Å². The minimum absolute atomic E-state index is 0.232. The molecule has 0 saturated carbocycles. The molecule has 0 radical (unpaired) electrons. The maximum absolute atomic E-state index is 11.0. The molecule has 6 nitrogen and oxygen atoms in total. The molecule has 0 fully saturated rings. The van der Waals surface area contributed by atoms with Crippen molar-refractivity contribution >= 4 is 23.3 Å². The van der Waals surface area contributed by atoms with Crippen LogP contribution >= 0.6 is 0 Å². The highest BCUT2D eigenvalue weighted by Crippen LogP contribution is 2.18. The number of hydrogen-bond donors (Lipinski definition) is 3. The van der Waals surface area contributed by atoms with Gasteiger partial charge in [0, 0.05) is 18.3 Å². The van der Waals surface area contributed by atoms with E-state index >= 15 is 0 Å². The third-order valence-corrected chi connectivity index (χ3v) is 2.78. The van der Waals surface area contributed by atoms with Gasteiger partial charge in [0.25, 0.3) is 0 Å². The highest BCUT2D eigenvalue weighted by molar-refractivity contribution is 5.89. The average molecular weight is 286 g/mol. The van der Waals surface area contributed by atoms with Gasteiger partial charge in [0.1, 0.15) is 17.5 Å². The van der Waals surface area contributed by atoms with Gasteiger partial charge in [-0.3, -0.25) is 0 Å². The van der Waals surface area contributed by atoms with Gasteiger partial charge in [-0.1, -0.05) is 13.0 Å². The molecule has 3 N–H and O–H groups in total. The van der Waals surface area contributed by atoms with Crippen LogP contribution in [0.2, 0.25) is 0 Å². The molecule has 0 amide bonds. The largest absolute Gasteiger partial charge is 0.478 e. The second-order valence-electron chi connectivity index (χ2n) is 4.62. The van der Waals surface area contributed by atoms with Crippen LogP contribution in [-0.4, -0.2) is 27.6 Å². The Morgan fingerprint density at radius 2 is 2.00 bits per heavy atom. The number of aromatic nitrogens is 2. The Bertz CT molecular complexity index is 643. The maximum atomic E-state index is 11.0. The summed E-state index contributed by atoms with van der Waals surface area (Å²) in [6.07, 6.45) is 1.01. The molecular formula is C15H18N4O2. The maximum Gasteiger partial charge on any atom is 0.335 e. The topological polar surface area (TPSA) is 87.1 Å². The number of carbonyl (C=O) groups is 1. The molecule has 1 aromatic carbocycles. The summed E-state index contributed by atoms with van der Waals surface area (Å²) in [4.78, 5) is 19.6. The summed E-state index contributed by atoms with van der Waals surface area (Å²) in [5.41, 5.74) is 0.907. The first-order chi connectivity index (χ1) is 10.1. The van der Waals surface area contributed by atoms with Crippen molar-refractivity contribution in [3.8, 4) is 0 Å². The summed E-state index contributed by atoms with van der Waals surface area (Å²) in [7, 11) is 0. The lowest BCUT2D eigenvalue weighted by Gasteiger charge is -2.10. The predicted molar refractivity (Wildman–Crippen MR) is 82.2 cm³/mol. The van der Waals surface area contributed by atoms with Crippen LogP contribution in [0.5, 0.6) is 0 Å². The highest BCUT2D eigenvalue weighted by atomic mass is 16.4. The van der Waals surface area contributed by atoms with E-state index in [0.717, 1.165) is 18.8 Å². The van der Waals surface area contributed by atoms with E-state index in [-0.39, 0.29) is 5.56 Å². The zero-order chi connectivity index (χ0) is 15.2. The van der Waals surface area contributed by atoms with Gasteiger partial charge >= 0.3 is 5.97 Å². The summed E-state index contributed by atoms with van der Waals surface area (Å²) >= 11 is 0. The molecule has 1 heterocycles. The van der Waals surface area contributed by atoms with Crippen LogP contribution in [0.1, 0.15) is 29.5 Å². The summed E-state index contributed by atoms with van der Waals surface area (Å²) in [6, 6.07) is 8.40. The van der Waals surface area contributed by atoms with E-state index in [1.807, 2.05) is 6.92 Å². The SMILES string of the molecule is CCCNc1cc(Nc2cccc(C(=O)O)c2)nc(C)n1. The van der Waals surface area contributed by atoms with E-state index in [9.17, 15) is 4.79 Å². The lowest BCUT2D eigenvalue weighted by molar-refractivity contribution is 0.0697. The smallest absolute Gasteiger partial charge is 0.335 e. The molecule has 0 aliphatic rings. The van der Waals surface area contributed by atoms with Crippen molar-refractivity contribution < 1.29 is 9.90 Å². The molecule has 0 spiro atoms. The molecule has 0 aliphatic heterocycles. The Morgan fingerprint density at radius 3 is 2.71 bits per heavy atom. The average Bonchev–Trinajstić information content (AvgIpc) is 2.45. The van der Waals surface area contributed by atoms with Crippen molar-refractivity contribution in [2.24, 2.45) is 0 Å². The van der Waals surface area contributed by atoms with Gasteiger partial charge < -0.3 is 15.7 Å². The molecule has 110 valence electrons. The van der Waals surface area contributed by atoms with Crippen LogP contribution in [0.25, 0.3) is 0 Å². The number of nitrogens with one attached hydrogen (secondary N) is 2. The first kappa shape index (κ1) is 14.8. The van der Waals surface area contributed by atoms with Gasteiger partial charge in [0.05, 0.1) is 5.56 Å². The molecule has 21 heavy (non-hydrogen) atoms. The zero-order valence-electron chi connectivity index (χ0n) is 12.1. The molecule has 2 aromatic rings. The molecule has 0 aliphatic carbocycles. The predicted octanol–water partition coefficient (Wildman–Crippen LogP) is 3.05. The van der Waals surface area contributed by atoms with Crippen molar-refractivity contribution in [3.63, 3.8) is 0 Å². The second kappa shape index (κ2) is 6.69. The van der Waals surface area contributed by atoms with Gasteiger partial charge in [-0.15, -0.1) is 0 Å². The summed E-state index contributed by atoms with van der Waals surface area (Å²) < 4.78 is 0. The van der Waals surface area contributed by atoms with Crippen molar-refractivity contribution in [1.29, 1.82) is 0 Å². The monoisotopic (exact) mass is 286 g/mol. The minimum Gasteiger partial charge on any atom is -0.478 e. The van der Waals surface area contributed by atoms with E-state index in [1.165, 1.54) is 0 Å². The molecule has 6 heteroatoms. The highest BCUT2D eigenvalue weighted by Gasteiger charge is 2.05. The molecule has 2 rings (SSSR count). The van der Waals surface area contributed by atoms with Crippen LogP contribution in [0.3, 0.4) is 0 Å². The van der Waals surface area contributed by atoms with E-state index in [2.05, 4.69) is 27.5 Å². The zero-order valence-corrected chi connectivity index (χ0v) is 12.1. The Morgan fingerprint density at radius 1 is 1.24 bits per heavy atom. The summed E-state index contributed by atoms with van der Waals surface area (Å²) in [5, 5.41) is 15.3. The minimum atomic E-state index is -0.956. The van der Waals surface area contributed by atoms with Crippen LogP contribution in [0.4, 0.5) is 17.3 Å². The fourth-order valence-corrected chi connectivity index (χ4v) is 1.85. The second-order valence-corrected chi connectivity index (χ2v) is 4.62. The molecule has 0 atom stereocenters. The lowest BCUT2D eigenvalue weighted by Crippen LogP contribution is -2.05. The van der Waals surface area contributed by atoms with Gasteiger partial charge in [0.2, 0.25) is 0 Å². The Balaban J connectivity index is 2.20. The van der Waals surface area contributed by atoms with Gasteiger partial charge in [-0.05, 0) is 31.5 Å². The number of aryl methyl sites for hydroxylation is 1. The van der Waals surface area contributed by atoms with Crippen LogP contribution < -0.4 is 10.6 Å². The van der Waals surface area contributed by atoms with Crippen molar-refractivity contribution in [2.75, 3.05) is 17.2 Å². The number of carboxylic acids is 1. The Kier molecular flexibility index (Phi) is 4.71. The first-order valence-electron chi connectivity index (χ1n) is 6.78. The first-order valence-corrected chi connectivity index (χ1v) is 6.78. The van der Waals surface area contributed by atoms with Gasteiger partial charge in [0.15, 0.2) is 0 Å². The molecule has 0 unspecified atom stereocenters. The standard InChI is InChI=1S/C15H18N4O2/c1-3-7-16-13-9-14(18-10(2)17-13)19-12-6-4-5-11(8-12)15(20)21/h4-6,8-9H,3,7H2,1-2H3,(H,20,21)(H2,16,17,18,19). The quantitative estimate of drug-likeness (QED) is 0.756. The third-order valence-electron chi connectivity index (χ3n) is 2.78. The van der Waals surface area contributed by atoms with Crippen LogP contribution in [-0.2, 0) is 0 Å². The van der Waals surface area contributed by atoms with E-state index in [0.29, 0.717) is 17.3 Å². The van der Waals surface area contributed by atoms with Gasteiger partial charge in [-0.2, -0.15) is 0 Å². The molecular weight excluding hydrogens is 268 g/mol. The number of rotatable bonds is 6. The Hall–Kier alpha value is -2.63. The summed E-state index contributed by atoms with van der Waals surface area (Å²) in [5.74, 6) is 1.07. The molecule has 1 aromatic heterocycles. The normalized spacial score (nSPS) is 10.2. The Labute approximate surface area is 123 Å². The molecule has 0 bridgehead atoms. The van der Waals surface area contributed by atoms with Crippen LogP contribution in [0, 0.1) is 6.92 Å². The van der Waals surface area contributed by atoms with Crippen molar-refractivity contribution in [3.05, 3.63) is 41.7 Å². The number of aromatic carboxylic acids is 1. The summed E-state index contributed by atoms with van der Waals surface area (Å²) in [6.45, 7) is 4.73. The van der Waals surface area contributed by atoms with Crippen LogP contribution in [0.15, 0.2) is 30.3 Å². The molecule has 0 saturated heterocycles.